The molecule has 3 aromatic rings. The predicted octanol–water partition coefficient (Wildman–Crippen LogP) is 4.21. The number of rotatable bonds is 3. The van der Waals surface area contributed by atoms with Crippen molar-refractivity contribution in [2.24, 2.45) is 0 Å². The molecular formula is C18H16N2O2. The SMILES string of the molecule is Cc1ccc(NC(=O)c2cc(-c3ccccc3)on2)c(C)c1. The summed E-state index contributed by atoms with van der Waals surface area (Å²) in [4.78, 5) is 12.3. The van der Waals surface area contributed by atoms with E-state index in [-0.39, 0.29) is 11.6 Å². The van der Waals surface area contributed by atoms with Gasteiger partial charge >= 0.3 is 0 Å². The Labute approximate surface area is 128 Å². The van der Waals surface area contributed by atoms with E-state index in [9.17, 15) is 4.79 Å². The monoisotopic (exact) mass is 292 g/mol. The molecule has 0 fully saturated rings. The summed E-state index contributed by atoms with van der Waals surface area (Å²) in [6.45, 7) is 3.98. The molecule has 0 atom stereocenters. The van der Waals surface area contributed by atoms with Gasteiger partial charge in [0.2, 0.25) is 0 Å². The molecule has 0 bridgehead atoms. The Balaban J connectivity index is 1.80. The fourth-order valence-electron chi connectivity index (χ4n) is 2.26. The van der Waals surface area contributed by atoms with Crippen LogP contribution in [-0.2, 0) is 0 Å². The maximum absolute atomic E-state index is 12.3. The number of benzene rings is 2. The molecule has 22 heavy (non-hydrogen) atoms. The van der Waals surface area contributed by atoms with E-state index in [2.05, 4.69) is 10.5 Å². The highest BCUT2D eigenvalue weighted by atomic mass is 16.5. The molecule has 0 unspecified atom stereocenters. The maximum Gasteiger partial charge on any atom is 0.277 e. The fraction of sp³-hybridized carbons (Fsp3) is 0.111. The van der Waals surface area contributed by atoms with Gasteiger partial charge in [-0.25, -0.2) is 0 Å². The Kier molecular flexibility index (Phi) is 3.74. The lowest BCUT2D eigenvalue weighted by molar-refractivity contribution is 0.101. The van der Waals surface area contributed by atoms with Crippen molar-refractivity contribution >= 4 is 11.6 Å². The third-order valence-corrected chi connectivity index (χ3v) is 3.43. The lowest BCUT2D eigenvalue weighted by Crippen LogP contribution is -2.13. The van der Waals surface area contributed by atoms with Crippen molar-refractivity contribution in [3.8, 4) is 11.3 Å². The zero-order valence-corrected chi connectivity index (χ0v) is 12.5. The van der Waals surface area contributed by atoms with Gasteiger partial charge in [-0.3, -0.25) is 4.79 Å². The number of aryl methyl sites for hydroxylation is 2. The number of nitrogens with one attached hydrogen (secondary N) is 1. The average Bonchev–Trinajstić information content (AvgIpc) is 3.01. The first-order valence-corrected chi connectivity index (χ1v) is 7.04. The second kappa shape index (κ2) is 5.85. The van der Waals surface area contributed by atoms with Crippen LogP contribution in [0, 0.1) is 13.8 Å². The first-order chi connectivity index (χ1) is 10.6. The number of nitrogens with zero attached hydrogens (tertiary/aromatic N) is 1. The first kappa shape index (κ1) is 14.1. The maximum atomic E-state index is 12.3. The summed E-state index contributed by atoms with van der Waals surface area (Å²) in [6.07, 6.45) is 0. The molecule has 1 aromatic heterocycles. The summed E-state index contributed by atoms with van der Waals surface area (Å²) in [7, 11) is 0. The van der Waals surface area contributed by atoms with E-state index in [0.29, 0.717) is 5.76 Å². The fourth-order valence-corrected chi connectivity index (χ4v) is 2.26. The third kappa shape index (κ3) is 2.91. The van der Waals surface area contributed by atoms with Crippen molar-refractivity contribution in [2.75, 3.05) is 5.32 Å². The van der Waals surface area contributed by atoms with E-state index < -0.39 is 0 Å². The Bertz CT molecular complexity index is 807. The van der Waals surface area contributed by atoms with Crippen LogP contribution in [0.4, 0.5) is 5.69 Å². The topological polar surface area (TPSA) is 55.1 Å². The molecule has 110 valence electrons. The van der Waals surface area contributed by atoms with Crippen molar-refractivity contribution in [2.45, 2.75) is 13.8 Å². The molecule has 0 aliphatic heterocycles. The van der Waals surface area contributed by atoms with Crippen LogP contribution < -0.4 is 5.32 Å². The summed E-state index contributed by atoms with van der Waals surface area (Å²) in [5, 5.41) is 6.71. The van der Waals surface area contributed by atoms with Crippen LogP contribution in [0.15, 0.2) is 59.1 Å². The molecule has 0 saturated heterocycles. The van der Waals surface area contributed by atoms with Gasteiger partial charge in [0.1, 0.15) is 0 Å². The second-order valence-corrected chi connectivity index (χ2v) is 5.21. The predicted molar refractivity (Wildman–Crippen MR) is 85.8 cm³/mol. The molecule has 2 aromatic carbocycles. The van der Waals surface area contributed by atoms with Crippen LogP contribution in [0.3, 0.4) is 0 Å². The highest BCUT2D eigenvalue weighted by Gasteiger charge is 2.14. The normalized spacial score (nSPS) is 10.5. The quantitative estimate of drug-likeness (QED) is 0.786. The molecule has 1 N–H and O–H groups in total. The first-order valence-electron chi connectivity index (χ1n) is 7.04. The van der Waals surface area contributed by atoms with Gasteiger partial charge in [0.05, 0.1) is 0 Å². The molecule has 1 amide bonds. The Morgan fingerprint density at radius 1 is 1.05 bits per heavy atom. The van der Waals surface area contributed by atoms with Gasteiger partial charge in [-0.1, -0.05) is 53.2 Å². The molecule has 3 rings (SSSR count). The van der Waals surface area contributed by atoms with Crippen LogP contribution in [0.25, 0.3) is 11.3 Å². The van der Waals surface area contributed by atoms with Gasteiger partial charge < -0.3 is 9.84 Å². The molecule has 4 nitrogen and oxygen atoms in total. The molecule has 0 aliphatic rings. The lowest BCUT2D eigenvalue weighted by atomic mass is 10.1. The van der Waals surface area contributed by atoms with E-state index in [1.165, 1.54) is 0 Å². The van der Waals surface area contributed by atoms with E-state index >= 15 is 0 Å². The van der Waals surface area contributed by atoms with Crippen LogP contribution >= 0.6 is 0 Å². The molecule has 0 aliphatic carbocycles. The van der Waals surface area contributed by atoms with Gasteiger partial charge in [-0.2, -0.15) is 0 Å². The van der Waals surface area contributed by atoms with Crippen molar-refractivity contribution < 1.29 is 9.32 Å². The van der Waals surface area contributed by atoms with Gasteiger partial charge in [0, 0.05) is 17.3 Å². The molecule has 0 radical (unpaired) electrons. The van der Waals surface area contributed by atoms with Crippen molar-refractivity contribution in [3.63, 3.8) is 0 Å². The largest absolute Gasteiger partial charge is 0.355 e. The number of amides is 1. The number of hydrogen-bond donors (Lipinski definition) is 1. The van der Waals surface area contributed by atoms with Gasteiger partial charge in [-0.05, 0) is 25.5 Å². The second-order valence-electron chi connectivity index (χ2n) is 5.21. The Morgan fingerprint density at radius 2 is 1.82 bits per heavy atom. The number of carbonyl (C=O) groups excluding carboxylic acids is 1. The van der Waals surface area contributed by atoms with E-state index in [4.69, 9.17) is 4.52 Å². The summed E-state index contributed by atoms with van der Waals surface area (Å²) < 4.78 is 5.25. The number of carbonyl (C=O) groups is 1. The summed E-state index contributed by atoms with van der Waals surface area (Å²) >= 11 is 0. The minimum atomic E-state index is -0.280. The molecule has 4 heteroatoms. The third-order valence-electron chi connectivity index (χ3n) is 3.43. The average molecular weight is 292 g/mol. The Morgan fingerprint density at radius 3 is 2.55 bits per heavy atom. The van der Waals surface area contributed by atoms with E-state index in [1.807, 2.05) is 62.4 Å². The zero-order chi connectivity index (χ0) is 15.5. The van der Waals surface area contributed by atoms with Crippen molar-refractivity contribution in [3.05, 3.63) is 71.4 Å². The minimum absolute atomic E-state index is 0.263. The molecular weight excluding hydrogens is 276 g/mol. The number of hydrogen-bond acceptors (Lipinski definition) is 3. The van der Waals surface area contributed by atoms with Crippen LogP contribution in [0.1, 0.15) is 21.6 Å². The van der Waals surface area contributed by atoms with Crippen molar-refractivity contribution in [1.29, 1.82) is 0 Å². The standard InChI is InChI=1S/C18H16N2O2/c1-12-8-9-15(13(2)10-12)19-18(21)16-11-17(22-20-16)14-6-4-3-5-7-14/h3-11H,1-2H3,(H,19,21). The van der Waals surface area contributed by atoms with Crippen LogP contribution in [0.2, 0.25) is 0 Å². The smallest absolute Gasteiger partial charge is 0.277 e. The van der Waals surface area contributed by atoms with Crippen LogP contribution in [-0.4, -0.2) is 11.1 Å². The zero-order valence-electron chi connectivity index (χ0n) is 12.5. The molecule has 1 heterocycles. The van der Waals surface area contributed by atoms with Gasteiger partial charge in [0.25, 0.3) is 5.91 Å². The molecule has 0 spiro atoms. The summed E-state index contributed by atoms with van der Waals surface area (Å²) in [5.41, 5.74) is 4.10. The summed E-state index contributed by atoms with van der Waals surface area (Å²) in [5.74, 6) is 0.296. The van der Waals surface area contributed by atoms with E-state index in [0.717, 1.165) is 22.4 Å². The highest BCUT2D eigenvalue weighted by Crippen LogP contribution is 2.21. The summed E-state index contributed by atoms with van der Waals surface area (Å²) in [6, 6.07) is 17.1. The molecule has 0 saturated carbocycles. The Hall–Kier alpha value is -2.88. The van der Waals surface area contributed by atoms with Gasteiger partial charge in [-0.15, -0.1) is 0 Å². The van der Waals surface area contributed by atoms with E-state index in [1.54, 1.807) is 6.07 Å². The van der Waals surface area contributed by atoms with Crippen molar-refractivity contribution in [1.82, 2.24) is 5.16 Å². The number of anilines is 1. The van der Waals surface area contributed by atoms with Gasteiger partial charge in [0.15, 0.2) is 11.5 Å². The lowest BCUT2D eigenvalue weighted by Gasteiger charge is -2.07. The van der Waals surface area contributed by atoms with Crippen LogP contribution in [0.5, 0.6) is 0 Å². The highest BCUT2D eigenvalue weighted by molar-refractivity contribution is 6.03. The minimum Gasteiger partial charge on any atom is -0.355 e. The number of aromatic nitrogens is 1.